The van der Waals surface area contributed by atoms with E-state index in [4.69, 9.17) is 0 Å². The highest BCUT2D eigenvalue weighted by atomic mass is 14.8. The average Bonchev–Trinajstić information content (AvgIpc) is 2.52. The SMILES string of the molecule is CCNCC1CCC(CC)CC1CCc1ccccc1. The summed E-state index contributed by atoms with van der Waals surface area (Å²) in [6.45, 7) is 6.92. The third-order valence-corrected chi connectivity index (χ3v) is 5.13. The monoisotopic (exact) mass is 273 g/mol. The number of nitrogens with one attached hydrogen (secondary N) is 1. The Labute approximate surface area is 125 Å². The molecule has 1 heteroatoms. The molecule has 112 valence electrons. The van der Waals surface area contributed by atoms with Crippen LogP contribution in [0.25, 0.3) is 0 Å². The highest BCUT2D eigenvalue weighted by molar-refractivity contribution is 5.14. The van der Waals surface area contributed by atoms with E-state index in [0.29, 0.717) is 0 Å². The fourth-order valence-electron chi connectivity index (χ4n) is 3.74. The number of rotatable bonds is 7. The van der Waals surface area contributed by atoms with Crippen LogP contribution in [0.3, 0.4) is 0 Å². The first-order valence-corrected chi connectivity index (χ1v) is 8.58. The minimum absolute atomic E-state index is 0.904. The molecule has 0 aliphatic heterocycles. The molecule has 0 aromatic heterocycles. The average molecular weight is 273 g/mol. The van der Waals surface area contributed by atoms with Gasteiger partial charge in [0.25, 0.3) is 0 Å². The van der Waals surface area contributed by atoms with Crippen molar-refractivity contribution in [1.29, 1.82) is 0 Å². The number of benzene rings is 1. The molecule has 1 aromatic carbocycles. The molecule has 0 saturated heterocycles. The van der Waals surface area contributed by atoms with E-state index in [9.17, 15) is 0 Å². The molecular formula is C19H31N. The van der Waals surface area contributed by atoms with Crippen LogP contribution >= 0.6 is 0 Å². The van der Waals surface area contributed by atoms with Gasteiger partial charge in [-0.2, -0.15) is 0 Å². The van der Waals surface area contributed by atoms with Crippen molar-refractivity contribution in [1.82, 2.24) is 5.32 Å². The van der Waals surface area contributed by atoms with Crippen molar-refractivity contribution >= 4 is 0 Å². The smallest absolute Gasteiger partial charge is 0.00180 e. The zero-order valence-corrected chi connectivity index (χ0v) is 13.3. The zero-order valence-electron chi connectivity index (χ0n) is 13.3. The number of hydrogen-bond donors (Lipinski definition) is 1. The highest BCUT2D eigenvalue weighted by Gasteiger charge is 2.28. The van der Waals surface area contributed by atoms with Gasteiger partial charge >= 0.3 is 0 Å². The molecule has 0 heterocycles. The van der Waals surface area contributed by atoms with E-state index in [1.165, 1.54) is 50.6 Å². The Kier molecular flexibility index (Phi) is 6.59. The molecular weight excluding hydrogens is 242 g/mol. The Morgan fingerprint density at radius 1 is 1.05 bits per heavy atom. The second-order valence-corrected chi connectivity index (χ2v) is 6.44. The topological polar surface area (TPSA) is 12.0 Å². The van der Waals surface area contributed by atoms with Crippen molar-refractivity contribution in [3.63, 3.8) is 0 Å². The second-order valence-electron chi connectivity index (χ2n) is 6.44. The Bertz CT molecular complexity index is 359. The maximum Gasteiger partial charge on any atom is -0.00180 e. The number of aryl methyl sites for hydroxylation is 1. The predicted molar refractivity (Wildman–Crippen MR) is 87.9 cm³/mol. The van der Waals surface area contributed by atoms with E-state index < -0.39 is 0 Å². The third kappa shape index (κ3) is 4.63. The molecule has 1 nitrogen and oxygen atoms in total. The van der Waals surface area contributed by atoms with Crippen LogP contribution < -0.4 is 5.32 Å². The molecule has 20 heavy (non-hydrogen) atoms. The van der Waals surface area contributed by atoms with Gasteiger partial charge in [-0.3, -0.25) is 0 Å². The Morgan fingerprint density at radius 2 is 1.85 bits per heavy atom. The van der Waals surface area contributed by atoms with E-state index in [0.717, 1.165) is 24.3 Å². The van der Waals surface area contributed by atoms with Crippen molar-refractivity contribution in [2.24, 2.45) is 17.8 Å². The lowest BCUT2D eigenvalue weighted by Gasteiger charge is -2.36. The van der Waals surface area contributed by atoms with E-state index in [1.54, 1.807) is 0 Å². The summed E-state index contributed by atoms with van der Waals surface area (Å²) in [4.78, 5) is 0. The van der Waals surface area contributed by atoms with E-state index >= 15 is 0 Å². The van der Waals surface area contributed by atoms with Crippen LogP contribution in [0, 0.1) is 17.8 Å². The van der Waals surface area contributed by atoms with Crippen LogP contribution in [0.5, 0.6) is 0 Å². The maximum atomic E-state index is 3.58. The van der Waals surface area contributed by atoms with Crippen molar-refractivity contribution in [2.75, 3.05) is 13.1 Å². The van der Waals surface area contributed by atoms with Gasteiger partial charge < -0.3 is 5.32 Å². The van der Waals surface area contributed by atoms with Gasteiger partial charge in [-0.1, -0.05) is 57.0 Å². The summed E-state index contributed by atoms with van der Waals surface area (Å²) in [5.41, 5.74) is 1.51. The molecule has 3 atom stereocenters. The molecule has 1 saturated carbocycles. The van der Waals surface area contributed by atoms with Gasteiger partial charge in [0.1, 0.15) is 0 Å². The van der Waals surface area contributed by atoms with Crippen LogP contribution in [0.1, 0.15) is 51.5 Å². The van der Waals surface area contributed by atoms with Crippen LogP contribution in [-0.4, -0.2) is 13.1 Å². The van der Waals surface area contributed by atoms with E-state index in [1.807, 2.05) is 0 Å². The molecule has 1 fully saturated rings. The molecule has 0 radical (unpaired) electrons. The van der Waals surface area contributed by atoms with Crippen LogP contribution in [0.4, 0.5) is 0 Å². The molecule has 1 aliphatic carbocycles. The first-order chi connectivity index (χ1) is 9.83. The Morgan fingerprint density at radius 3 is 2.55 bits per heavy atom. The second kappa shape index (κ2) is 8.46. The van der Waals surface area contributed by atoms with Gasteiger partial charge in [0.15, 0.2) is 0 Å². The van der Waals surface area contributed by atoms with Crippen molar-refractivity contribution in [3.8, 4) is 0 Å². The molecule has 1 N–H and O–H groups in total. The molecule has 0 amide bonds. The van der Waals surface area contributed by atoms with Gasteiger partial charge in [0.05, 0.1) is 0 Å². The lowest BCUT2D eigenvalue weighted by Crippen LogP contribution is -2.33. The standard InChI is InChI=1S/C19H31N/c1-3-16-10-13-19(15-20-4-2)18(14-16)12-11-17-8-6-5-7-9-17/h5-9,16,18-20H,3-4,10-15H2,1-2H3. The largest absolute Gasteiger partial charge is 0.317 e. The summed E-state index contributed by atoms with van der Waals surface area (Å²) in [5.74, 6) is 2.81. The Hall–Kier alpha value is -0.820. The fraction of sp³-hybridized carbons (Fsp3) is 0.684. The summed E-state index contributed by atoms with van der Waals surface area (Å²) >= 11 is 0. The first kappa shape index (κ1) is 15.6. The lowest BCUT2D eigenvalue weighted by atomic mass is 9.71. The quantitative estimate of drug-likeness (QED) is 0.761. The van der Waals surface area contributed by atoms with Gasteiger partial charge in [-0.25, -0.2) is 0 Å². The molecule has 1 aromatic rings. The minimum atomic E-state index is 0.904. The van der Waals surface area contributed by atoms with Crippen molar-refractivity contribution in [3.05, 3.63) is 35.9 Å². The molecule has 0 bridgehead atoms. The van der Waals surface area contributed by atoms with Gasteiger partial charge in [-0.05, 0) is 62.1 Å². The summed E-state index contributed by atoms with van der Waals surface area (Å²) in [7, 11) is 0. The summed E-state index contributed by atoms with van der Waals surface area (Å²) in [6, 6.07) is 11.0. The molecule has 1 aliphatic rings. The zero-order chi connectivity index (χ0) is 14.2. The molecule has 3 unspecified atom stereocenters. The summed E-state index contributed by atoms with van der Waals surface area (Å²) < 4.78 is 0. The van der Waals surface area contributed by atoms with Gasteiger partial charge in [0, 0.05) is 0 Å². The van der Waals surface area contributed by atoms with E-state index in [-0.39, 0.29) is 0 Å². The van der Waals surface area contributed by atoms with Crippen molar-refractivity contribution in [2.45, 2.75) is 52.4 Å². The molecule has 0 spiro atoms. The van der Waals surface area contributed by atoms with Crippen LogP contribution in [0.15, 0.2) is 30.3 Å². The van der Waals surface area contributed by atoms with Crippen molar-refractivity contribution < 1.29 is 0 Å². The highest BCUT2D eigenvalue weighted by Crippen LogP contribution is 2.37. The van der Waals surface area contributed by atoms with Gasteiger partial charge in [-0.15, -0.1) is 0 Å². The third-order valence-electron chi connectivity index (χ3n) is 5.13. The van der Waals surface area contributed by atoms with Gasteiger partial charge in [0.2, 0.25) is 0 Å². The van der Waals surface area contributed by atoms with Crippen LogP contribution in [0.2, 0.25) is 0 Å². The minimum Gasteiger partial charge on any atom is -0.317 e. The number of hydrogen-bond acceptors (Lipinski definition) is 1. The lowest BCUT2D eigenvalue weighted by molar-refractivity contribution is 0.164. The molecule has 2 rings (SSSR count). The Balaban J connectivity index is 1.88. The summed E-state index contributed by atoms with van der Waals surface area (Å²) in [6.07, 6.45) is 8.34. The predicted octanol–water partition coefficient (Wildman–Crippen LogP) is 4.67. The summed E-state index contributed by atoms with van der Waals surface area (Å²) in [5, 5.41) is 3.58. The fourth-order valence-corrected chi connectivity index (χ4v) is 3.74. The van der Waals surface area contributed by atoms with E-state index in [2.05, 4.69) is 49.5 Å². The normalized spacial score (nSPS) is 26.6. The first-order valence-electron chi connectivity index (χ1n) is 8.58. The maximum absolute atomic E-state index is 3.58. The van der Waals surface area contributed by atoms with Crippen LogP contribution in [-0.2, 0) is 6.42 Å².